The van der Waals surface area contributed by atoms with E-state index in [4.69, 9.17) is 0 Å². The fourth-order valence-corrected chi connectivity index (χ4v) is 3.01. The summed E-state index contributed by atoms with van der Waals surface area (Å²) in [5.41, 5.74) is 1.47. The Balaban J connectivity index is 2.03. The zero-order valence-corrected chi connectivity index (χ0v) is 9.07. The van der Waals surface area contributed by atoms with Crippen molar-refractivity contribution in [3.8, 4) is 5.75 Å². The average molecular weight is 217 g/mol. The highest BCUT2D eigenvalue weighted by Gasteiger charge is 2.37. The Bertz CT molecular complexity index is 436. The van der Waals surface area contributed by atoms with E-state index in [1.807, 2.05) is 0 Å². The first-order valence-electron chi connectivity index (χ1n) is 5.90. The maximum Gasteiger partial charge on any atom is 0.252 e. The molecule has 1 unspecified atom stereocenters. The normalized spacial score (nSPS) is 24.5. The minimum absolute atomic E-state index is 0.0335. The van der Waals surface area contributed by atoms with Gasteiger partial charge in [0, 0.05) is 11.1 Å². The zero-order valence-electron chi connectivity index (χ0n) is 9.07. The lowest BCUT2D eigenvalue weighted by molar-refractivity contribution is 0.0946. The topological polar surface area (TPSA) is 49.3 Å². The molecule has 0 bridgehead atoms. The molecule has 0 radical (unpaired) electrons. The van der Waals surface area contributed by atoms with Crippen molar-refractivity contribution < 1.29 is 9.90 Å². The SMILES string of the molecule is O=C1NC(C2CCCC2)c2c(O)cccc21. The van der Waals surface area contributed by atoms with E-state index in [-0.39, 0.29) is 17.7 Å². The van der Waals surface area contributed by atoms with Gasteiger partial charge < -0.3 is 10.4 Å². The van der Waals surface area contributed by atoms with Crippen molar-refractivity contribution in [1.29, 1.82) is 0 Å². The van der Waals surface area contributed by atoms with Crippen LogP contribution in [0.3, 0.4) is 0 Å². The smallest absolute Gasteiger partial charge is 0.252 e. The van der Waals surface area contributed by atoms with E-state index < -0.39 is 0 Å². The molecule has 2 N–H and O–H groups in total. The number of amides is 1. The molecule has 0 spiro atoms. The van der Waals surface area contributed by atoms with Crippen LogP contribution in [0, 0.1) is 5.92 Å². The number of phenols is 1. The summed E-state index contributed by atoms with van der Waals surface area (Å²) < 4.78 is 0. The molecule has 3 rings (SSSR count). The molecule has 2 aliphatic rings. The third-order valence-corrected chi connectivity index (χ3v) is 3.80. The Kier molecular flexibility index (Phi) is 2.13. The van der Waals surface area contributed by atoms with Gasteiger partial charge in [0.2, 0.25) is 0 Å². The van der Waals surface area contributed by atoms with Crippen LogP contribution in [0.2, 0.25) is 0 Å². The molecule has 1 atom stereocenters. The second-order valence-corrected chi connectivity index (χ2v) is 4.73. The van der Waals surface area contributed by atoms with Gasteiger partial charge in [-0.3, -0.25) is 4.79 Å². The molecule has 3 nitrogen and oxygen atoms in total. The highest BCUT2D eigenvalue weighted by molar-refractivity contribution is 6.00. The highest BCUT2D eigenvalue weighted by atomic mass is 16.3. The maximum absolute atomic E-state index is 11.8. The van der Waals surface area contributed by atoms with Crippen LogP contribution >= 0.6 is 0 Å². The number of rotatable bonds is 1. The molecule has 1 aromatic carbocycles. The van der Waals surface area contributed by atoms with Crippen LogP contribution in [0.4, 0.5) is 0 Å². The molecule has 0 aromatic heterocycles. The van der Waals surface area contributed by atoms with Crippen LogP contribution in [0.25, 0.3) is 0 Å². The van der Waals surface area contributed by atoms with Crippen molar-refractivity contribution in [3.63, 3.8) is 0 Å². The predicted octanol–water partition coefficient (Wildman–Crippen LogP) is 2.37. The quantitative estimate of drug-likeness (QED) is 0.758. The lowest BCUT2D eigenvalue weighted by Crippen LogP contribution is -2.24. The van der Waals surface area contributed by atoms with Crippen LogP contribution < -0.4 is 5.32 Å². The van der Waals surface area contributed by atoms with Crippen molar-refractivity contribution in [3.05, 3.63) is 29.3 Å². The number of hydrogen-bond acceptors (Lipinski definition) is 2. The van der Waals surface area contributed by atoms with Crippen LogP contribution in [-0.4, -0.2) is 11.0 Å². The first-order valence-corrected chi connectivity index (χ1v) is 5.90. The Morgan fingerprint density at radius 3 is 2.75 bits per heavy atom. The summed E-state index contributed by atoms with van der Waals surface area (Å²) in [4.78, 5) is 11.8. The Labute approximate surface area is 94.5 Å². The Morgan fingerprint density at radius 2 is 2.00 bits per heavy atom. The van der Waals surface area contributed by atoms with Gasteiger partial charge in [0.15, 0.2) is 0 Å². The van der Waals surface area contributed by atoms with E-state index in [0.29, 0.717) is 11.5 Å². The van der Waals surface area contributed by atoms with Crippen LogP contribution in [-0.2, 0) is 0 Å². The van der Waals surface area contributed by atoms with E-state index in [0.717, 1.165) is 18.4 Å². The number of aromatic hydroxyl groups is 1. The molecule has 0 saturated heterocycles. The summed E-state index contributed by atoms with van der Waals surface area (Å²) >= 11 is 0. The first-order chi connectivity index (χ1) is 7.77. The van der Waals surface area contributed by atoms with Crippen LogP contribution in [0.1, 0.15) is 47.6 Å². The number of fused-ring (bicyclic) bond motifs is 1. The summed E-state index contributed by atoms with van der Waals surface area (Å²) in [5.74, 6) is 0.717. The van der Waals surface area contributed by atoms with Gasteiger partial charge >= 0.3 is 0 Å². The fraction of sp³-hybridized carbons (Fsp3) is 0.462. The summed E-state index contributed by atoms with van der Waals surface area (Å²) in [6.45, 7) is 0. The van der Waals surface area contributed by atoms with E-state index in [1.165, 1.54) is 12.8 Å². The number of carbonyl (C=O) groups is 1. The van der Waals surface area contributed by atoms with E-state index >= 15 is 0 Å². The van der Waals surface area contributed by atoms with Gasteiger partial charge in [-0.25, -0.2) is 0 Å². The maximum atomic E-state index is 11.8. The Hall–Kier alpha value is -1.51. The lowest BCUT2D eigenvalue weighted by Gasteiger charge is -2.19. The molecule has 3 heteroatoms. The molecule has 84 valence electrons. The number of phenolic OH excluding ortho intramolecular Hbond substituents is 1. The monoisotopic (exact) mass is 217 g/mol. The highest BCUT2D eigenvalue weighted by Crippen LogP contribution is 2.43. The molecule has 1 aliphatic heterocycles. The summed E-state index contributed by atoms with van der Waals surface area (Å²) in [5, 5.41) is 12.9. The van der Waals surface area contributed by atoms with Crippen molar-refractivity contribution in [2.75, 3.05) is 0 Å². The van der Waals surface area contributed by atoms with Gasteiger partial charge in [-0.2, -0.15) is 0 Å². The largest absolute Gasteiger partial charge is 0.508 e. The van der Waals surface area contributed by atoms with Crippen LogP contribution in [0.5, 0.6) is 5.75 Å². The summed E-state index contributed by atoms with van der Waals surface area (Å²) in [6.07, 6.45) is 4.78. The third-order valence-electron chi connectivity index (χ3n) is 3.80. The van der Waals surface area contributed by atoms with Gasteiger partial charge in [-0.1, -0.05) is 18.9 Å². The van der Waals surface area contributed by atoms with Crippen molar-refractivity contribution >= 4 is 5.91 Å². The molecule has 1 aliphatic carbocycles. The summed E-state index contributed by atoms with van der Waals surface area (Å²) in [7, 11) is 0. The zero-order chi connectivity index (χ0) is 11.1. The predicted molar refractivity (Wildman–Crippen MR) is 60.3 cm³/mol. The van der Waals surface area contributed by atoms with E-state index in [2.05, 4.69) is 5.32 Å². The Morgan fingerprint density at radius 1 is 1.25 bits per heavy atom. The number of carbonyl (C=O) groups excluding carboxylic acids is 1. The third kappa shape index (κ3) is 1.31. The molecule has 1 amide bonds. The molecule has 16 heavy (non-hydrogen) atoms. The first kappa shape index (κ1) is 9.70. The average Bonchev–Trinajstić information content (AvgIpc) is 2.87. The van der Waals surface area contributed by atoms with Gasteiger partial charge in [0.1, 0.15) is 5.75 Å². The minimum atomic E-state index is -0.0391. The van der Waals surface area contributed by atoms with E-state index in [9.17, 15) is 9.90 Å². The second-order valence-electron chi connectivity index (χ2n) is 4.73. The van der Waals surface area contributed by atoms with Crippen molar-refractivity contribution in [2.45, 2.75) is 31.7 Å². The lowest BCUT2D eigenvalue weighted by atomic mass is 9.91. The molecule has 1 fully saturated rings. The fourth-order valence-electron chi connectivity index (χ4n) is 3.01. The second kappa shape index (κ2) is 3.51. The van der Waals surface area contributed by atoms with Crippen LogP contribution in [0.15, 0.2) is 18.2 Å². The number of hydrogen-bond donors (Lipinski definition) is 2. The van der Waals surface area contributed by atoms with Gasteiger partial charge in [-0.05, 0) is 30.9 Å². The molecule has 1 aromatic rings. The summed E-state index contributed by atoms with van der Waals surface area (Å²) in [6, 6.07) is 5.22. The molecule has 1 saturated carbocycles. The molecular formula is C13H15NO2. The minimum Gasteiger partial charge on any atom is -0.508 e. The molecule has 1 heterocycles. The van der Waals surface area contributed by atoms with Crippen molar-refractivity contribution in [1.82, 2.24) is 5.32 Å². The number of nitrogens with one attached hydrogen (secondary N) is 1. The van der Waals surface area contributed by atoms with Gasteiger partial charge in [-0.15, -0.1) is 0 Å². The molecular weight excluding hydrogens is 202 g/mol. The number of benzene rings is 1. The van der Waals surface area contributed by atoms with Crippen molar-refractivity contribution in [2.24, 2.45) is 5.92 Å². The standard InChI is InChI=1S/C13H15NO2/c15-10-7-3-6-9-11(10)12(14-13(9)16)8-4-1-2-5-8/h3,6-8,12,15H,1-2,4-5H2,(H,14,16). The van der Waals surface area contributed by atoms with Gasteiger partial charge in [0.25, 0.3) is 5.91 Å². The van der Waals surface area contributed by atoms with E-state index in [1.54, 1.807) is 18.2 Å². The van der Waals surface area contributed by atoms with Gasteiger partial charge in [0.05, 0.1) is 6.04 Å².